The Labute approximate surface area is 77.8 Å². The summed E-state index contributed by atoms with van der Waals surface area (Å²) in [5.41, 5.74) is 5.60. The number of hydrogen-bond donors (Lipinski definition) is 1. The zero-order valence-corrected chi connectivity index (χ0v) is 7.86. The lowest BCUT2D eigenvalue weighted by atomic mass is 10.3. The maximum Gasteiger partial charge on any atom is 0.323 e. The van der Waals surface area contributed by atoms with Crippen molar-refractivity contribution >= 4 is 5.97 Å². The Balaban J connectivity index is 2.25. The smallest absolute Gasteiger partial charge is 0.323 e. The first-order valence-electron chi connectivity index (χ1n) is 4.37. The summed E-state index contributed by atoms with van der Waals surface area (Å²) in [6, 6.07) is -0.539. The van der Waals surface area contributed by atoms with Crippen LogP contribution in [0.3, 0.4) is 0 Å². The van der Waals surface area contributed by atoms with E-state index in [0.29, 0.717) is 19.8 Å². The molecule has 1 fully saturated rings. The molecule has 5 nitrogen and oxygen atoms in total. The van der Waals surface area contributed by atoms with Crippen molar-refractivity contribution < 1.29 is 14.3 Å². The summed E-state index contributed by atoms with van der Waals surface area (Å²) in [7, 11) is 1.35. The van der Waals surface area contributed by atoms with Gasteiger partial charge in [-0.1, -0.05) is 0 Å². The number of nitrogens with two attached hydrogens (primary N) is 1. The molecule has 1 aliphatic heterocycles. The van der Waals surface area contributed by atoms with E-state index >= 15 is 0 Å². The molecule has 1 heterocycles. The average Bonchev–Trinajstić information content (AvgIpc) is 2.18. The van der Waals surface area contributed by atoms with Gasteiger partial charge in [0.05, 0.1) is 20.3 Å². The van der Waals surface area contributed by atoms with Gasteiger partial charge in [0.25, 0.3) is 0 Å². The molecule has 0 bridgehead atoms. The molecule has 0 aromatic rings. The fraction of sp³-hybridized carbons (Fsp3) is 0.875. The number of esters is 1. The first-order valence-corrected chi connectivity index (χ1v) is 4.37. The van der Waals surface area contributed by atoms with Crippen LogP contribution in [0.1, 0.15) is 0 Å². The Kier molecular flexibility index (Phi) is 4.14. The quantitative estimate of drug-likeness (QED) is 0.565. The molecule has 1 atom stereocenters. The molecule has 5 heteroatoms. The Morgan fingerprint density at radius 3 is 2.77 bits per heavy atom. The molecule has 0 aliphatic carbocycles. The number of hydrogen-bond acceptors (Lipinski definition) is 5. The molecular weight excluding hydrogens is 172 g/mol. The second-order valence-corrected chi connectivity index (χ2v) is 3.04. The highest BCUT2D eigenvalue weighted by molar-refractivity contribution is 5.75. The summed E-state index contributed by atoms with van der Waals surface area (Å²) in [5.74, 6) is -0.355. The second kappa shape index (κ2) is 5.16. The van der Waals surface area contributed by atoms with Crippen LogP contribution in [0.4, 0.5) is 0 Å². The molecule has 1 aliphatic rings. The van der Waals surface area contributed by atoms with Gasteiger partial charge >= 0.3 is 5.97 Å². The summed E-state index contributed by atoms with van der Waals surface area (Å²) < 4.78 is 9.70. The van der Waals surface area contributed by atoms with E-state index < -0.39 is 6.04 Å². The van der Waals surface area contributed by atoms with Gasteiger partial charge in [0.2, 0.25) is 0 Å². The minimum atomic E-state index is -0.539. The first kappa shape index (κ1) is 10.4. The molecular formula is C8H16N2O3. The fourth-order valence-corrected chi connectivity index (χ4v) is 1.29. The van der Waals surface area contributed by atoms with Crippen LogP contribution in [0, 0.1) is 0 Å². The Bertz CT molecular complexity index is 169. The van der Waals surface area contributed by atoms with E-state index in [1.165, 1.54) is 7.11 Å². The largest absolute Gasteiger partial charge is 0.468 e. The number of carbonyl (C=O) groups is 1. The van der Waals surface area contributed by atoms with Gasteiger partial charge in [-0.3, -0.25) is 9.69 Å². The van der Waals surface area contributed by atoms with E-state index in [1.807, 2.05) is 0 Å². The maximum absolute atomic E-state index is 11.0. The average molecular weight is 188 g/mol. The van der Waals surface area contributed by atoms with Crippen LogP contribution in [-0.4, -0.2) is 56.9 Å². The van der Waals surface area contributed by atoms with Crippen LogP contribution in [0.2, 0.25) is 0 Å². The molecule has 0 amide bonds. The Morgan fingerprint density at radius 2 is 2.23 bits per heavy atom. The van der Waals surface area contributed by atoms with Crippen molar-refractivity contribution in [2.24, 2.45) is 5.73 Å². The van der Waals surface area contributed by atoms with E-state index in [4.69, 9.17) is 10.5 Å². The first-order chi connectivity index (χ1) is 6.24. The predicted octanol–water partition coefficient (Wildman–Crippen LogP) is -1.18. The summed E-state index contributed by atoms with van der Waals surface area (Å²) >= 11 is 0. The molecule has 1 rings (SSSR count). The van der Waals surface area contributed by atoms with Crippen molar-refractivity contribution in [2.75, 3.05) is 40.0 Å². The SMILES string of the molecule is COC(=O)C(N)CN1CCOCC1. The van der Waals surface area contributed by atoms with Gasteiger partial charge in [0, 0.05) is 19.6 Å². The number of rotatable bonds is 3. The van der Waals surface area contributed by atoms with Crippen molar-refractivity contribution in [3.63, 3.8) is 0 Å². The van der Waals surface area contributed by atoms with Crippen LogP contribution in [-0.2, 0) is 14.3 Å². The van der Waals surface area contributed by atoms with E-state index in [-0.39, 0.29) is 5.97 Å². The molecule has 76 valence electrons. The Morgan fingerprint density at radius 1 is 1.62 bits per heavy atom. The molecule has 0 aromatic carbocycles. The zero-order valence-electron chi connectivity index (χ0n) is 7.86. The predicted molar refractivity (Wildman–Crippen MR) is 47.3 cm³/mol. The van der Waals surface area contributed by atoms with Crippen molar-refractivity contribution in [3.05, 3.63) is 0 Å². The van der Waals surface area contributed by atoms with Gasteiger partial charge in [0.15, 0.2) is 0 Å². The molecule has 0 spiro atoms. The highest BCUT2D eigenvalue weighted by Crippen LogP contribution is 1.98. The molecule has 0 radical (unpaired) electrons. The lowest BCUT2D eigenvalue weighted by Gasteiger charge is -2.27. The van der Waals surface area contributed by atoms with Gasteiger partial charge in [-0.2, -0.15) is 0 Å². The zero-order chi connectivity index (χ0) is 9.68. The highest BCUT2D eigenvalue weighted by atomic mass is 16.5. The van der Waals surface area contributed by atoms with Gasteiger partial charge < -0.3 is 15.2 Å². The third-order valence-corrected chi connectivity index (χ3v) is 2.06. The number of ether oxygens (including phenoxy) is 2. The van der Waals surface area contributed by atoms with Crippen molar-refractivity contribution in [2.45, 2.75) is 6.04 Å². The van der Waals surface area contributed by atoms with Gasteiger partial charge in [-0.25, -0.2) is 0 Å². The fourth-order valence-electron chi connectivity index (χ4n) is 1.29. The van der Waals surface area contributed by atoms with Gasteiger partial charge in [0.1, 0.15) is 6.04 Å². The summed E-state index contributed by atoms with van der Waals surface area (Å²) in [6.07, 6.45) is 0. The monoisotopic (exact) mass is 188 g/mol. The third kappa shape index (κ3) is 3.30. The third-order valence-electron chi connectivity index (χ3n) is 2.06. The normalized spacial score (nSPS) is 21.1. The van der Waals surface area contributed by atoms with Gasteiger partial charge in [-0.05, 0) is 0 Å². The van der Waals surface area contributed by atoms with Gasteiger partial charge in [-0.15, -0.1) is 0 Å². The topological polar surface area (TPSA) is 64.8 Å². The molecule has 0 saturated carbocycles. The summed E-state index contributed by atoms with van der Waals surface area (Å²) in [6.45, 7) is 3.66. The van der Waals surface area contributed by atoms with Crippen molar-refractivity contribution in [1.29, 1.82) is 0 Å². The van der Waals surface area contributed by atoms with Crippen LogP contribution < -0.4 is 5.73 Å². The molecule has 2 N–H and O–H groups in total. The summed E-state index contributed by atoms with van der Waals surface area (Å²) in [4.78, 5) is 13.1. The number of nitrogens with zero attached hydrogens (tertiary/aromatic N) is 1. The molecule has 1 saturated heterocycles. The van der Waals surface area contributed by atoms with E-state index in [9.17, 15) is 4.79 Å². The molecule has 1 unspecified atom stereocenters. The summed E-state index contributed by atoms with van der Waals surface area (Å²) in [5, 5.41) is 0. The number of morpholine rings is 1. The van der Waals surface area contributed by atoms with Crippen molar-refractivity contribution in [3.8, 4) is 0 Å². The van der Waals surface area contributed by atoms with Crippen LogP contribution in [0.15, 0.2) is 0 Å². The molecule has 0 aromatic heterocycles. The standard InChI is InChI=1S/C8H16N2O3/c1-12-8(11)7(9)6-10-2-4-13-5-3-10/h7H,2-6,9H2,1H3. The maximum atomic E-state index is 11.0. The van der Waals surface area contributed by atoms with Crippen LogP contribution in [0.25, 0.3) is 0 Å². The molecule has 13 heavy (non-hydrogen) atoms. The lowest BCUT2D eigenvalue weighted by molar-refractivity contribution is -0.142. The minimum Gasteiger partial charge on any atom is -0.468 e. The van der Waals surface area contributed by atoms with E-state index in [0.717, 1.165) is 13.1 Å². The second-order valence-electron chi connectivity index (χ2n) is 3.04. The Hall–Kier alpha value is -0.650. The minimum absolute atomic E-state index is 0.355. The highest BCUT2D eigenvalue weighted by Gasteiger charge is 2.19. The lowest BCUT2D eigenvalue weighted by Crippen LogP contribution is -2.47. The van der Waals surface area contributed by atoms with E-state index in [1.54, 1.807) is 0 Å². The van der Waals surface area contributed by atoms with E-state index in [2.05, 4.69) is 9.64 Å². The number of carbonyl (C=O) groups excluding carboxylic acids is 1. The van der Waals surface area contributed by atoms with Crippen molar-refractivity contribution in [1.82, 2.24) is 4.90 Å². The van der Waals surface area contributed by atoms with Crippen LogP contribution in [0.5, 0.6) is 0 Å². The van der Waals surface area contributed by atoms with Crippen LogP contribution >= 0.6 is 0 Å². The number of methoxy groups -OCH3 is 1.